The highest BCUT2D eigenvalue weighted by Crippen LogP contribution is 2.60. The first-order chi connectivity index (χ1) is 16.3. The molecule has 7 rings (SSSR count). The Hall–Kier alpha value is -2.40. The molecule has 5 heterocycles. The molecule has 1 spiro atoms. The lowest BCUT2D eigenvalue weighted by Crippen LogP contribution is -2.70. The minimum Gasteiger partial charge on any atom is -0.464 e. The minimum absolute atomic E-state index is 0.0647. The van der Waals surface area contributed by atoms with Crippen molar-refractivity contribution in [1.29, 1.82) is 0 Å². The highest BCUT2D eigenvalue weighted by atomic mass is 17.3. The summed E-state index contributed by atoms with van der Waals surface area (Å²) in [5.74, 6) is 1.19. The second-order valence-corrected chi connectivity index (χ2v) is 10.3. The van der Waals surface area contributed by atoms with Gasteiger partial charge in [0.15, 0.2) is 11.9 Å². The van der Waals surface area contributed by atoms with Crippen LogP contribution in [0.5, 0.6) is 5.75 Å². The Morgan fingerprint density at radius 1 is 1.21 bits per heavy atom. The van der Waals surface area contributed by atoms with Crippen molar-refractivity contribution in [2.75, 3.05) is 12.4 Å². The largest absolute Gasteiger partial charge is 0.464 e. The number of fused-ring (bicyclic) bond motifs is 3. The van der Waals surface area contributed by atoms with Crippen molar-refractivity contribution < 1.29 is 33.5 Å². The molecule has 2 N–H and O–H groups in total. The van der Waals surface area contributed by atoms with Crippen LogP contribution in [-0.4, -0.2) is 47.1 Å². The van der Waals surface area contributed by atoms with Crippen molar-refractivity contribution in [2.45, 2.75) is 70.4 Å². The Morgan fingerprint density at radius 2 is 2.06 bits per heavy atom. The number of rotatable bonds is 3. The third-order valence-corrected chi connectivity index (χ3v) is 8.21. The second kappa shape index (κ2) is 7.81. The summed E-state index contributed by atoms with van der Waals surface area (Å²) in [6, 6.07) is 5.52. The lowest BCUT2D eigenvalue weighted by atomic mass is 9.58. The molecule has 0 radical (unpaired) electrons. The van der Waals surface area contributed by atoms with E-state index in [1.807, 2.05) is 25.1 Å². The first-order valence-electron chi connectivity index (χ1n) is 12.0. The zero-order valence-corrected chi connectivity index (χ0v) is 19.8. The zero-order valence-electron chi connectivity index (χ0n) is 19.8. The van der Waals surface area contributed by atoms with E-state index in [2.05, 4.69) is 33.9 Å². The fourth-order valence-electron chi connectivity index (χ4n) is 6.41. The second-order valence-electron chi connectivity index (χ2n) is 10.3. The Kier molecular flexibility index (Phi) is 5.07. The number of amides is 1. The molecule has 2 aromatic rings. The molecule has 10 nitrogen and oxygen atoms in total. The maximum atomic E-state index is 11.5. The van der Waals surface area contributed by atoms with E-state index in [9.17, 15) is 4.79 Å². The highest BCUT2D eigenvalue weighted by Gasteiger charge is 2.69. The van der Waals surface area contributed by atoms with Crippen LogP contribution in [0.25, 0.3) is 11.0 Å². The summed E-state index contributed by atoms with van der Waals surface area (Å²) >= 11 is 0. The van der Waals surface area contributed by atoms with E-state index in [1.165, 1.54) is 7.11 Å². The number of carbonyl (C=O) groups is 1. The number of hydrogen-bond acceptors (Lipinski definition) is 8. The summed E-state index contributed by atoms with van der Waals surface area (Å²) in [6.45, 7) is 6.37. The average molecular weight is 474 g/mol. The van der Waals surface area contributed by atoms with Gasteiger partial charge in [0, 0.05) is 24.3 Å². The number of aromatic nitrogens is 2. The van der Waals surface area contributed by atoms with Crippen LogP contribution in [0.2, 0.25) is 0 Å². The smallest absolute Gasteiger partial charge is 0.413 e. The topological polar surface area (TPSA) is 113 Å². The summed E-state index contributed by atoms with van der Waals surface area (Å²) in [6.07, 6.45) is 2.25. The molecule has 10 heteroatoms. The van der Waals surface area contributed by atoms with Gasteiger partial charge >= 0.3 is 6.09 Å². The van der Waals surface area contributed by atoms with Gasteiger partial charge in [0.05, 0.1) is 18.1 Å². The Labute approximate surface area is 197 Å². The van der Waals surface area contributed by atoms with Gasteiger partial charge in [-0.3, -0.25) is 5.32 Å². The van der Waals surface area contributed by atoms with Gasteiger partial charge in [-0.15, -0.1) is 0 Å². The molecule has 1 aromatic heterocycles. The summed E-state index contributed by atoms with van der Waals surface area (Å²) in [4.78, 5) is 31.0. The van der Waals surface area contributed by atoms with Crippen molar-refractivity contribution in [3.8, 4) is 5.75 Å². The standard InChI is InChI=1S/C24H31N3O7/c1-12-5-7-16-13(2)19(31-20-24(16)15(12)9-10-23(3,32-20)33-34-24)30-14-6-8-17-18(11-14)26-21(25-17)27-22(28)29-4/h6,8,11-13,15-16,19-20H,5,7,9-10H2,1-4H3,(H2,25,26,27,28)/t12-,13-,15+,16?,19?,20-,23-,24-/m1/s1. The number of aromatic amines is 1. The van der Waals surface area contributed by atoms with Gasteiger partial charge in [-0.1, -0.05) is 13.8 Å². The fraction of sp³-hybridized carbons (Fsp3) is 0.667. The van der Waals surface area contributed by atoms with Crippen molar-refractivity contribution in [2.24, 2.45) is 23.7 Å². The molecule has 5 aliphatic rings. The van der Waals surface area contributed by atoms with Crippen LogP contribution in [-0.2, 0) is 24.0 Å². The van der Waals surface area contributed by atoms with Crippen molar-refractivity contribution in [3.63, 3.8) is 0 Å². The fourth-order valence-corrected chi connectivity index (χ4v) is 6.41. The molecular weight excluding hydrogens is 442 g/mol. The molecule has 1 aliphatic carbocycles. The maximum absolute atomic E-state index is 11.5. The van der Waals surface area contributed by atoms with Crippen LogP contribution < -0.4 is 10.1 Å². The number of nitrogens with zero attached hydrogens (tertiary/aromatic N) is 1. The number of ether oxygens (including phenoxy) is 4. The van der Waals surface area contributed by atoms with E-state index in [4.69, 9.17) is 24.0 Å². The summed E-state index contributed by atoms with van der Waals surface area (Å²) < 4.78 is 23.9. The third-order valence-electron chi connectivity index (χ3n) is 8.21. The SMILES string of the molecule is COC(=O)Nc1nc2ccc(OC3O[C@@H]4O[C@@]5(C)CC[C@H]6[C@H](C)CCC([C@H]3C)[C@@]46OO5)cc2[nH]1. The number of imidazole rings is 1. The van der Waals surface area contributed by atoms with E-state index in [0.29, 0.717) is 29.1 Å². The lowest BCUT2D eigenvalue weighted by Gasteiger charge is -2.60. The van der Waals surface area contributed by atoms with E-state index >= 15 is 0 Å². The molecule has 4 aliphatic heterocycles. The molecule has 1 saturated carbocycles. The van der Waals surface area contributed by atoms with Gasteiger partial charge in [0.1, 0.15) is 5.75 Å². The highest BCUT2D eigenvalue weighted by molar-refractivity contribution is 5.86. The number of benzene rings is 1. The number of anilines is 1. The van der Waals surface area contributed by atoms with Gasteiger partial charge in [-0.2, -0.15) is 0 Å². The van der Waals surface area contributed by atoms with Crippen molar-refractivity contribution in [3.05, 3.63) is 18.2 Å². The van der Waals surface area contributed by atoms with E-state index in [1.54, 1.807) is 0 Å². The summed E-state index contributed by atoms with van der Waals surface area (Å²) in [5.41, 5.74) is 0.807. The number of nitrogens with one attached hydrogen (secondary N) is 2. The Morgan fingerprint density at radius 3 is 2.88 bits per heavy atom. The predicted octanol–water partition coefficient (Wildman–Crippen LogP) is 4.33. The molecule has 4 saturated heterocycles. The quantitative estimate of drug-likeness (QED) is 0.634. The molecule has 8 atom stereocenters. The minimum atomic E-state index is -0.819. The number of methoxy groups -OCH3 is 1. The average Bonchev–Trinajstić information content (AvgIpc) is 3.07. The number of H-pyrrole nitrogens is 1. The van der Waals surface area contributed by atoms with Crippen LogP contribution in [0.4, 0.5) is 10.7 Å². The van der Waals surface area contributed by atoms with Crippen LogP contribution in [0, 0.1) is 23.7 Å². The van der Waals surface area contributed by atoms with E-state index < -0.39 is 30.1 Å². The van der Waals surface area contributed by atoms with Crippen LogP contribution in [0.3, 0.4) is 0 Å². The Bertz CT molecular complexity index is 1110. The normalized spacial score (nSPS) is 40.9. The van der Waals surface area contributed by atoms with Gasteiger partial charge in [0.2, 0.25) is 18.0 Å². The van der Waals surface area contributed by atoms with Gasteiger partial charge in [-0.25, -0.2) is 19.6 Å². The summed E-state index contributed by atoms with van der Waals surface area (Å²) in [5, 5.41) is 2.54. The molecule has 1 aromatic carbocycles. The number of carbonyl (C=O) groups excluding carboxylic acids is 1. The molecule has 5 fully saturated rings. The van der Waals surface area contributed by atoms with E-state index in [-0.39, 0.29) is 11.8 Å². The van der Waals surface area contributed by atoms with Crippen molar-refractivity contribution in [1.82, 2.24) is 9.97 Å². The molecule has 34 heavy (non-hydrogen) atoms. The molecular formula is C24H31N3O7. The maximum Gasteiger partial charge on any atom is 0.413 e. The van der Waals surface area contributed by atoms with Crippen LogP contribution >= 0.6 is 0 Å². The van der Waals surface area contributed by atoms with E-state index in [0.717, 1.165) is 31.2 Å². The zero-order chi connectivity index (χ0) is 23.7. The van der Waals surface area contributed by atoms with Crippen LogP contribution in [0.1, 0.15) is 46.5 Å². The van der Waals surface area contributed by atoms with Gasteiger partial charge in [-0.05, 0) is 50.2 Å². The molecule has 184 valence electrons. The molecule has 1 amide bonds. The predicted molar refractivity (Wildman–Crippen MR) is 120 cm³/mol. The lowest BCUT2D eigenvalue weighted by molar-refractivity contribution is -0.575. The molecule has 2 bridgehead atoms. The molecule has 2 unspecified atom stereocenters. The third kappa shape index (κ3) is 3.30. The van der Waals surface area contributed by atoms with Gasteiger partial charge < -0.3 is 23.9 Å². The first kappa shape index (κ1) is 22.1. The first-order valence-corrected chi connectivity index (χ1v) is 12.0. The summed E-state index contributed by atoms with van der Waals surface area (Å²) in [7, 11) is 1.30. The van der Waals surface area contributed by atoms with Gasteiger partial charge in [0.25, 0.3) is 0 Å². The monoisotopic (exact) mass is 473 g/mol. The van der Waals surface area contributed by atoms with Crippen molar-refractivity contribution >= 4 is 23.1 Å². The number of hydrogen-bond donors (Lipinski definition) is 2. The van der Waals surface area contributed by atoms with Crippen LogP contribution in [0.15, 0.2) is 18.2 Å². The Balaban J connectivity index is 1.27.